The van der Waals surface area contributed by atoms with E-state index in [0.29, 0.717) is 6.04 Å². The summed E-state index contributed by atoms with van der Waals surface area (Å²) in [5.74, 6) is 0. The molecule has 0 N–H and O–H groups in total. The van der Waals surface area contributed by atoms with E-state index in [1.165, 1.54) is 56.1 Å². The van der Waals surface area contributed by atoms with E-state index in [9.17, 15) is 0 Å². The lowest BCUT2D eigenvalue weighted by molar-refractivity contribution is -0.467. The summed E-state index contributed by atoms with van der Waals surface area (Å²) in [5.41, 5.74) is 8.05. The number of alkyl halides is 1. The van der Waals surface area contributed by atoms with Crippen LogP contribution >= 0.6 is 46.7 Å². The monoisotopic (exact) mass is 748 g/mol. The number of hydrogen-bond donors (Lipinski definition) is 0. The van der Waals surface area contributed by atoms with Crippen LogP contribution in [-0.2, 0) is 0 Å². The van der Waals surface area contributed by atoms with Crippen LogP contribution in [0.4, 0.5) is 0 Å². The zero-order chi connectivity index (χ0) is 35.5. The summed E-state index contributed by atoms with van der Waals surface area (Å²) >= 11 is 16.9. The van der Waals surface area contributed by atoms with Gasteiger partial charge in [-0.15, -0.1) is 11.6 Å². The summed E-state index contributed by atoms with van der Waals surface area (Å²) in [5, 5.41) is 3.45. The molecule has 50 heavy (non-hydrogen) atoms. The van der Waals surface area contributed by atoms with E-state index in [-0.39, 0.29) is 5.38 Å². The van der Waals surface area contributed by atoms with Gasteiger partial charge in [-0.25, -0.2) is 0 Å². The molecule has 7 heteroatoms. The Morgan fingerprint density at radius 1 is 1.10 bits per heavy atom. The predicted octanol–water partition coefficient (Wildman–Crippen LogP) is 12.9. The molecule has 0 bridgehead atoms. The van der Waals surface area contributed by atoms with Gasteiger partial charge in [-0.2, -0.15) is 4.58 Å². The molecule has 2 atom stereocenters. The zero-order valence-corrected chi connectivity index (χ0v) is 33.7. The topological polar surface area (TPSA) is 9.49 Å². The van der Waals surface area contributed by atoms with Crippen LogP contribution in [0.2, 0.25) is 0 Å². The van der Waals surface area contributed by atoms with Crippen molar-refractivity contribution in [3.05, 3.63) is 128 Å². The van der Waals surface area contributed by atoms with E-state index in [2.05, 4.69) is 121 Å². The summed E-state index contributed by atoms with van der Waals surface area (Å²) in [7, 11) is 0. The lowest BCUT2D eigenvalue weighted by atomic mass is 9.97. The minimum Gasteiger partial charge on any atom is -0.338 e. The smallest absolute Gasteiger partial charge is 0.240 e. The maximum Gasteiger partial charge on any atom is 0.240 e. The summed E-state index contributed by atoms with van der Waals surface area (Å²) < 4.78 is 2.33. The maximum atomic E-state index is 6.60. The average Bonchev–Trinajstić information content (AvgIpc) is 3.68. The van der Waals surface area contributed by atoms with Crippen LogP contribution in [-0.4, -0.2) is 50.2 Å². The third kappa shape index (κ3) is 9.76. The number of thioether (sulfide) groups is 2. The van der Waals surface area contributed by atoms with Gasteiger partial charge in [-0.05, 0) is 100.0 Å². The van der Waals surface area contributed by atoms with Gasteiger partial charge in [0.2, 0.25) is 5.04 Å². The number of nitrogens with zero attached hydrogens (tertiary/aromatic N) is 3. The second-order valence-electron chi connectivity index (χ2n) is 13.5. The molecule has 5 aliphatic rings. The third-order valence-electron chi connectivity index (χ3n) is 9.70. The highest BCUT2D eigenvalue weighted by Crippen LogP contribution is 2.47. The van der Waals surface area contributed by atoms with Gasteiger partial charge in [0, 0.05) is 58.6 Å². The van der Waals surface area contributed by atoms with Gasteiger partial charge in [-0.1, -0.05) is 105 Å². The summed E-state index contributed by atoms with van der Waals surface area (Å²) in [4.78, 5) is 6.57. The zero-order valence-electron chi connectivity index (χ0n) is 30.6. The average molecular weight is 750 g/mol. The van der Waals surface area contributed by atoms with Crippen molar-refractivity contribution in [2.24, 2.45) is 0 Å². The molecule has 2 unspecified atom stereocenters. The maximum absolute atomic E-state index is 6.60. The van der Waals surface area contributed by atoms with E-state index in [1.807, 2.05) is 11.8 Å². The number of rotatable bonds is 14. The number of halogens is 2. The fourth-order valence-electron chi connectivity index (χ4n) is 7.34. The van der Waals surface area contributed by atoms with Crippen molar-refractivity contribution in [3.8, 4) is 0 Å². The molecule has 1 heterocycles. The standard InChI is InChI=1S/C43H56Cl2N3S2/c1-6-15-35(44)30-32(4)46(28-7-2)41(49-5)26-22-33-20-21-34(23-27-42-47(29-8-3)39-31-36(45)24-25-40(39)50-42)43(33)48(37-16-11-9-12-17-37)38-18-13-10-14-19-38/h9,11-12,16,18,22-27,30,36-37H,4,6-8,10,13-15,17,19-21,28-29,31H2,1-3,5H3/q+1/b35-30+. The molecule has 0 saturated carbocycles. The molecule has 268 valence electrons. The van der Waals surface area contributed by atoms with Gasteiger partial charge in [0.15, 0.2) is 5.70 Å². The molecule has 0 fully saturated rings. The number of hydrogen-bond acceptors (Lipinski definition) is 4. The van der Waals surface area contributed by atoms with E-state index < -0.39 is 0 Å². The normalized spacial score (nSPS) is 24.6. The van der Waals surface area contributed by atoms with Crippen LogP contribution < -0.4 is 0 Å². The molecule has 0 saturated heterocycles. The molecule has 5 rings (SSSR count). The summed E-state index contributed by atoms with van der Waals surface area (Å²) in [6.45, 7) is 13.0. The van der Waals surface area contributed by atoms with E-state index >= 15 is 0 Å². The Balaban J connectivity index is 1.60. The van der Waals surface area contributed by atoms with Crippen LogP contribution in [0.5, 0.6) is 0 Å². The third-order valence-corrected chi connectivity index (χ3v) is 12.2. The van der Waals surface area contributed by atoms with Crippen molar-refractivity contribution in [1.82, 2.24) is 9.80 Å². The van der Waals surface area contributed by atoms with Crippen molar-refractivity contribution in [1.29, 1.82) is 0 Å². The predicted molar refractivity (Wildman–Crippen MR) is 224 cm³/mol. The molecule has 0 aromatic heterocycles. The van der Waals surface area contributed by atoms with Gasteiger partial charge in [0.1, 0.15) is 6.54 Å². The first-order valence-corrected chi connectivity index (χ1v) is 21.6. The van der Waals surface area contributed by atoms with Crippen LogP contribution in [0.3, 0.4) is 0 Å². The Hall–Kier alpha value is -2.31. The van der Waals surface area contributed by atoms with E-state index in [4.69, 9.17) is 23.2 Å². The fraction of sp³-hybridized carbons (Fsp3) is 0.465. The second kappa shape index (κ2) is 19.5. The van der Waals surface area contributed by atoms with Crippen LogP contribution in [0, 0.1) is 0 Å². The van der Waals surface area contributed by atoms with Crippen molar-refractivity contribution in [2.45, 2.75) is 109 Å². The lowest BCUT2D eigenvalue weighted by Gasteiger charge is -2.38. The Bertz CT molecular complexity index is 1610. The van der Waals surface area contributed by atoms with Crippen LogP contribution in [0.25, 0.3) is 0 Å². The Morgan fingerprint density at radius 3 is 2.66 bits per heavy atom. The molecule has 0 amide bonds. The van der Waals surface area contributed by atoms with Gasteiger partial charge in [0.25, 0.3) is 0 Å². The fourth-order valence-corrected chi connectivity index (χ4v) is 9.64. The van der Waals surface area contributed by atoms with Crippen LogP contribution in [0.15, 0.2) is 128 Å². The first-order valence-electron chi connectivity index (χ1n) is 18.8. The van der Waals surface area contributed by atoms with Gasteiger partial charge >= 0.3 is 0 Å². The Labute approximate surface area is 321 Å². The largest absolute Gasteiger partial charge is 0.338 e. The van der Waals surface area contributed by atoms with Crippen molar-refractivity contribution in [2.75, 3.05) is 19.3 Å². The molecule has 0 radical (unpaired) electrons. The molecule has 4 aliphatic carbocycles. The van der Waals surface area contributed by atoms with Crippen molar-refractivity contribution in [3.63, 3.8) is 0 Å². The molecular formula is C43H56Cl2N3S2+. The summed E-state index contributed by atoms with van der Waals surface area (Å²) in [6.07, 6.45) is 42.6. The van der Waals surface area contributed by atoms with Crippen molar-refractivity contribution < 1.29 is 4.58 Å². The molecule has 0 spiro atoms. The van der Waals surface area contributed by atoms with E-state index in [0.717, 1.165) is 88.0 Å². The molecule has 0 aromatic carbocycles. The molecule has 0 aromatic rings. The van der Waals surface area contributed by atoms with Crippen molar-refractivity contribution >= 4 is 51.8 Å². The minimum absolute atomic E-state index is 0.0674. The quantitative estimate of drug-likeness (QED) is 0.0575. The van der Waals surface area contributed by atoms with Crippen LogP contribution in [0.1, 0.15) is 97.8 Å². The Kier molecular flexibility index (Phi) is 15.2. The molecule has 1 aliphatic heterocycles. The second-order valence-corrected chi connectivity index (χ2v) is 16.4. The summed E-state index contributed by atoms with van der Waals surface area (Å²) in [6, 6.07) is 0.306. The van der Waals surface area contributed by atoms with Gasteiger partial charge < -0.3 is 9.80 Å². The van der Waals surface area contributed by atoms with Gasteiger partial charge in [0.05, 0.1) is 16.4 Å². The first kappa shape index (κ1) is 38.9. The number of allylic oxidation sites excluding steroid dienone is 14. The highest BCUT2D eigenvalue weighted by atomic mass is 35.5. The highest BCUT2D eigenvalue weighted by Gasteiger charge is 2.32. The van der Waals surface area contributed by atoms with E-state index in [1.54, 1.807) is 11.8 Å². The van der Waals surface area contributed by atoms with Gasteiger partial charge in [-0.3, -0.25) is 0 Å². The highest BCUT2D eigenvalue weighted by molar-refractivity contribution is 8.13. The molecule has 3 nitrogen and oxygen atoms in total. The Morgan fingerprint density at radius 2 is 1.96 bits per heavy atom. The SMILES string of the molecule is C=C(/C=C(/Cl)CCC)/[N+](CCC)=C(/C=C/C1=C(N(C2=CCCCC2)C2C=CC=CC2)C(=C/C=C2\SC3=C(CC(Cl)C=C3)N2CCC)/CC1)SC. The lowest BCUT2D eigenvalue weighted by Crippen LogP contribution is -2.34. The first-order chi connectivity index (χ1) is 24.4. The minimum atomic E-state index is 0.0674. The molecular weight excluding hydrogens is 694 g/mol.